The lowest BCUT2D eigenvalue weighted by molar-refractivity contribution is 1.49. The van der Waals surface area contributed by atoms with Gasteiger partial charge in [-0.2, -0.15) is 0 Å². The molecule has 5 aromatic rings. The molecule has 0 aliphatic carbocycles. The minimum atomic E-state index is -0.777. The zero-order valence-corrected chi connectivity index (χ0v) is 35.3. The largest absolute Gasteiger partial charge is 0.549 e. The van der Waals surface area contributed by atoms with Crippen LogP contribution in [0.5, 0.6) is 0 Å². The Bertz CT molecular complexity index is 1940. The average Bonchev–Trinajstić information content (AvgIpc) is 3.15. The van der Waals surface area contributed by atoms with Crippen molar-refractivity contribution in [1.82, 2.24) is 0 Å². The normalized spacial score (nSPS) is 9.69. The highest BCUT2D eigenvalue weighted by atomic mass is 28.2. The summed E-state index contributed by atoms with van der Waals surface area (Å²) in [5.74, 6) is 13.2. The highest BCUT2D eigenvalue weighted by Crippen LogP contribution is 2.36. The van der Waals surface area contributed by atoms with Gasteiger partial charge >= 0.3 is 36.2 Å². The fourth-order valence-corrected chi connectivity index (χ4v) is 6.88. The second-order valence-corrected chi connectivity index (χ2v) is 16.1. The third-order valence-corrected chi connectivity index (χ3v) is 9.05. The van der Waals surface area contributed by atoms with Crippen molar-refractivity contribution in [2.75, 3.05) is 16.9 Å². The maximum atomic E-state index is 4.73. The highest BCUT2D eigenvalue weighted by molar-refractivity contribution is 6.93. The minimum absolute atomic E-state index is 0.582. The van der Waals surface area contributed by atoms with E-state index in [1.54, 1.807) is 16.9 Å². The van der Waals surface area contributed by atoms with E-state index in [0.717, 1.165) is 0 Å². The molecule has 0 bridgehead atoms. The Labute approximate surface area is 332 Å². The van der Waals surface area contributed by atoms with Crippen molar-refractivity contribution in [3.05, 3.63) is 141 Å². The van der Waals surface area contributed by atoms with E-state index in [9.17, 15) is 0 Å². The first-order valence-corrected chi connectivity index (χ1v) is 18.9. The van der Waals surface area contributed by atoms with Gasteiger partial charge in [0.2, 0.25) is 23.9 Å². The van der Waals surface area contributed by atoms with Crippen LogP contribution in [0.4, 0.5) is 45.5 Å². The van der Waals surface area contributed by atoms with Gasteiger partial charge in [0.05, 0.1) is 0 Å². The fourth-order valence-electron chi connectivity index (χ4n) is 5.07. The second kappa shape index (κ2) is 18.6. The van der Waals surface area contributed by atoms with E-state index in [4.69, 9.17) is 19.4 Å². The molecule has 0 aliphatic rings. The van der Waals surface area contributed by atoms with E-state index in [1.807, 2.05) is 121 Å². The molecule has 52 heavy (non-hydrogen) atoms. The number of benzene rings is 5. The zero-order chi connectivity index (χ0) is 37.0. The zero-order valence-electron chi connectivity index (χ0n) is 27.3. The molecule has 230 valence electrons. The van der Waals surface area contributed by atoms with Crippen molar-refractivity contribution in [2.45, 2.75) is 0 Å². The van der Waals surface area contributed by atoms with Crippen molar-refractivity contribution < 1.29 is 0 Å². The Morgan fingerprint density at radius 3 is 0.692 bits per heavy atom. The summed E-state index contributed by atoms with van der Waals surface area (Å²) in [6.07, 6.45) is 0. The first-order chi connectivity index (χ1) is 25.2. The van der Waals surface area contributed by atoms with Crippen molar-refractivity contribution >= 4 is 153 Å². The predicted molar refractivity (Wildman–Crippen MR) is 227 cm³/mol. The van der Waals surface area contributed by atoms with Crippen molar-refractivity contribution in [2.24, 2.45) is 0 Å². The minimum Gasteiger partial charge on any atom is -0.428 e. The Hall–Kier alpha value is -4.88. The highest BCUT2D eigenvalue weighted by Gasteiger charge is 2.44. The van der Waals surface area contributed by atoms with Crippen LogP contribution in [0.25, 0.3) is 19.4 Å². The third-order valence-electron chi connectivity index (χ3n) is 7.26. The quantitative estimate of drug-likeness (QED) is 0.246. The number of hydrogen-bond acceptors (Lipinski definition) is 4. The van der Waals surface area contributed by atoms with Gasteiger partial charge in [0.15, 0.2) is 83.2 Å². The number of nitrogens with zero attached hydrogens (tertiary/aromatic N) is 8. The maximum Gasteiger partial charge on any atom is 0.549 e. The molecule has 0 heterocycles. The molecule has 0 amide bonds. The molecular formula is C34H20B2N8Si8+4. The predicted octanol–water partition coefficient (Wildman–Crippen LogP) is 3.80. The van der Waals surface area contributed by atoms with Crippen LogP contribution in [0.3, 0.4) is 0 Å². The Kier molecular flexibility index (Phi) is 13.7. The molecule has 0 unspecified atom stereocenters. The van der Waals surface area contributed by atoms with Gasteiger partial charge in [0.1, 0.15) is 0 Å². The summed E-state index contributed by atoms with van der Waals surface area (Å²) in [5, 5.41) is 0. The molecule has 0 aromatic heterocycles. The molecule has 0 saturated heterocycles. The Morgan fingerprint density at radius 2 is 0.519 bits per heavy atom. The van der Waals surface area contributed by atoms with Gasteiger partial charge in [0, 0.05) is 82.2 Å². The van der Waals surface area contributed by atoms with Crippen LogP contribution in [0.1, 0.15) is 0 Å². The van der Waals surface area contributed by atoms with Gasteiger partial charge in [-0.3, -0.25) is 0 Å². The van der Waals surface area contributed by atoms with Gasteiger partial charge in [-0.05, 0) is 19.4 Å². The number of anilines is 4. The van der Waals surface area contributed by atoms with Crippen LogP contribution in [-0.4, -0.2) is 96.7 Å². The molecule has 0 spiro atoms. The van der Waals surface area contributed by atoms with Crippen LogP contribution in [-0.2, 0) is 0 Å². The van der Waals surface area contributed by atoms with Gasteiger partial charge in [-0.15, -0.1) is 0 Å². The summed E-state index contributed by atoms with van der Waals surface area (Å²) < 4.78 is 6.46. The molecule has 0 N–H and O–H groups in total. The molecule has 0 fully saturated rings. The number of para-hydroxylation sites is 4. The molecule has 5 aromatic carbocycles. The molecular weight excluding hydrogens is 767 g/mol. The summed E-state index contributed by atoms with van der Waals surface area (Å²) >= 11 is 0. The maximum absolute atomic E-state index is 4.73. The van der Waals surface area contributed by atoms with Crippen LogP contribution in [0.2, 0.25) is 0 Å². The molecule has 0 aliphatic heterocycles. The van der Waals surface area contributed by atoms with Crippen molar-refractivity contribution in [3.63, 3.8) is 0 Å². The lowest BCUT2D eigenvalue weighted by Gasteiger charge is -2.36. The van der Waals surface area contributed by atoms with Crippen LogP contribution < -0.4 is 27.8 Å². The summed E-state index contributed by atoms with van der Waals surface area (Å²) in [6.45, 7) is -1.55. The van der Waals surface area contributed by atoms with Crippen LogP contribution >= 0.6 is 0 Å². The molecule has 18 heteroatoms. The molecule has 5 rings (SSSR count). The van der Waals surface area contributed by atoms with Gasteiger partial charge in [-0.25, -0.2) is 0 Å². The second-order valence-electron chi connectivity index (χ2n) is 10.7. The SMILES string of the molecule is [Si]N([Si])c1c(B(C#[N+]c2ccccc2)C#[N+]c2ccccc2)c(N([Si])[Si])c(N([Si])[Si])c(B(C#[N+]c2ccccc2)C#[N+]c2ccccc2)c1N([Si])[Si]. The number of rotatable bonds is 6. The molecule has 0 saturated carbocycles. The first kappa shape index (κ1) is 38.4. The summed E-state index contributed by atoms with van der Waals surface area (Å²) in [4.78, 5) is 18.9. The van der Waals surface area contributed by atoms with Crippen LogP contribution in [0, 0.1) is 23.9 Å². The fraction of sp³-hybridized carbons (Fsp3) is 0. The monoisotopic (exact) mass is 786 g/mol. The summed E-state index contributed by atoms with van der Waals surface area (Å²) in [6, 6.07) is 38.2. The van der Waals surface area contributed by atoms with Gasteiger partial charge in [0.25, 0.3) is 0 Å². The Morgan fingerprint density at radius 1 is 0.327 bits per heavy atom. The smallest absolute Gasteiger partial charge is 0.428 e. The van der Waals surface area contributed by atoms with Gasteiger partial charge in [-0.1, -0.05) is 72.8 Å². The molecule has 8 nitrogen and oxygen atoms in total. The molecule has 0 atom stereocenters. The van der Waals surface area contributed by atoms with Crippen molar-refractivity contribution in [1.29, 1.82) is 0 Å². The van der Waals surface area contributed by atoms with E-state index in [-0.39, 0.29) is 0 Å². The van der Waals surface area contributed by atoms with E-state index >= 15 is 0 Å². The average molecular weight is 787 g/mol. The van der Waals surface area contributed by atoms with Crippen LogP contribution in [0.15, 0.2) is 121 Å². The van der Waals surface area contributed by atoms with E-state index in [0.29, 0.717) is 56.4 Å². The Balaban J connectivity index is 1.92. The lowest BCUT2D eigenvalue weighted by Crippen LogP contribution is -2.47. The van der Waals surface area contributed by atoms with E-state index in [2.05, 4.69) is 107 Å². The van der Waals surface area contributed by atoms with E-state index in [1.165, 1.54) is 0 Å². The van der Waals surface area contributed by atoms with Crippen molar-refractivity contribution in [3.8, 4) is 23.9 Å². The summed E-state index contributed by atoms with van der Waals surface area (Å²) in [7, 11) is 29.9. The molecule has 24 radical (unpaired) electrons. The third kappa shape index (κ3) is 9.71. The number of hydrogen-bond donors (Lipinski definition) is 0. The topological polar surface area (TPSA) is 30.4 Å². The van der Waals surface area contributed by atoms with Gasteiger partial charge < -0.3 is 16.9 Å². The first-order valence-electron chi connectivity index (χ1n) is 15.3. The lowest BCUT2D eigenvalue weighted by atomic mass is 9.43. The standard InChI is InChI=1S/C34H20B2N8Si8/c45-41(46)31-29(35(21-37-25-13-5-1-6-14-25)22-38-26-15-7-2-8-16-26)32(42(47)48)34(44(51)52)30(33(31)43(49)50)36(23-39-27-17-9-3-10-18-27)24-40-28-19-11-4-12-20-28/h1-20H/q+4. The van der Waals surface area contributed by atoms with E-state index < -0.39 is 13.4 Å². The summed E-state index contributed by atoms with van der Waals surface area (Å²) in [5.41, 5.74) is 6.41.